The smallest absolute Gasteiger partial charge is 0.261 e. The van der Waals surface area contributed by atoms with E-state index in [-0.39, 0.29) is 30.1 Å². The predicted octanol–water partition coefficient (Wildman–Crippen LogP) is 4.23. The average Bonchev–Trinajstić information content (AvgIpc) is 3.28. The zero-order valence-corrected chi connectivity index (χ0v) is 18.0. The maximum atomic E-state index is 13.9. The van der Waals surface area contributed by atoms with Crippen molar-refractivity contribution in [2.24, 2.45) is 0 Å². The number of carbonyl (C=O) groups excluding carboxylic acids is 1. The fourth-order valence-corrected chi connectivity index (χ4v) is 3.87. The van der Waals surface area contributed by atoms with Crippen LogP contribution < -0.4 is 9.64 Å². The predicted molar refractivity (Wildman–Crippen MR) is 117 cm³/mol. The molecular weight excluding hydrogens is 414 g/mol. The third kappa shape index (κ3) is 4.54. The van der Waals surface area contributed by atoms with E-state index < -0.39 is 5.82 Å². The van der Waals surface area contributed by atoms with Gasteiger partial charge in [-0.3, -0.25) is 4.79 Å². The zero-order chi connectivity index (χ0) is 22.7. The van der Waals surface area contributed by atoms with Crippen molar-refractivity contribution in [1.29, 1.82) is 0 Å². The molecule has 2 aromatic carbocycles. The van der Waals surface area contributed by atoms with Gasteiger partial charge in [0.05, 0.1) is 11.7 Å². The fraction of sp³-hybridized carbons (Fsp3) is 0.292. The standard InChI is InChI=1S/C24H24F2N4O2/c1-29(2)24-27-14-18(16-7-5-8-17(25)13-16)23(28-24)20-10-6-12-30(20)22(31)15-32-21-11-4-3-9-19(21)26/h3-5,7-9,11,13-14,20H,6,10,12,15H2,1-2H3. The van der Waals surface area contributed by atoms with E-state index in [9.17, 15) is 13.6 Å². The molecule has 1 aliphatic heterocycles. The van der Waals surface area contributed by atoms with Crippen molar-refractivity contribution in [2.75, 3.05) is 32.1 Å². The van der Waals surface area contributed by atoms with Crippen LogP contribution in [0.2, 0.25) is 0 Å². The second kappa shape index (κ2) is 9.30. The van der Waals surface area contributed by atoms with Crippen LogP contribution in [-0.4, -0.2) is 48.0 Å². The Kier molecular flexibility index (Phi) is 6.30. The van der Waals surface area contributed by atoms with E-state index in [1.807, 2.05) is 14.1 Å². The van der Waals surface area contributed by atoms with E-state index in [1.165, 1.54) is 24.3 Å². The quantitative estimate of drug-likeness (QED) is 0.577. The molecule has 0 N–H and O–H groups in total. The van der Waals surface area contributed by atoms with Crippen LogP contribution in [0.5, 0.6) is 5.75 Å². The van der Waals surface area contributed by atoms with Gasteiger partial charge in [0.2, 0.25) is 5.95 Å². The van der Waals surface area contributed by atoms with E-state index in [4.69, 9.17) is 9.72 Å². The molecule has 0 saturated carbocycles. The molecule has 32 heavy (non-hydrogen) atoms. The normalized spacial score (nSPS) is 15.6. The Balaban J connectivity index is 1.64. The van der Waals surface area contributed by atoms with E-state index >= 15 is 0 Å². The lowest BCUT2D eigenvalue weighted by Gasteiger charge is -2.27. The maximum absolute atomic E-state index is 13.9. The third-order valence-electron chi connectivity index (χ3n) is 5.42. The molecule has 0 bridgehead atoms. The van der Waals surface area contributed by atoms with Gasteiger partial charge in [-0.1, -0.05) is 24.3 Å². The van der Waals surface area contributed by atoms with Gasteiger partial charge in [0, 0.05) is 32.4 Å². The summed E-state index contributed by atoms with van der Waals surface area (Å²) in [5.74, 6) is -0.595. The number of likely N-dealkylation sites (tertiary alicyclic amines) is 1. The number of halogens is 2. The molecule has 166 valence electrons. The molecule has 1 unspecified atom stereocenters. The molecule has 1 amide bonds. The van der Waals surface area contributed by atoms with Gasteiger partial charge in [-0.05, 0) is 42.7 Å². The van der Waals surface area contributed by atoms with Crippen LogP contribution in [0, 0.1) is 11.6 Å². The first-order valence-corrected chi connectivity index (χ1v) is 10.4. The van der Waals surface area contributed by atoms with Gasteiger partial charge in [-0.25, -0.2) is 18.7 Å². The summed E-state index contributed by atoms with van der Waals surface area (Å²) in [5.41, 5.74) is 1.98. The van der Waals surface area contributed by atoms with Crippen molar-refractivity contribution < 1.29 is 18.3 Å². The number of ether oxygens (including phenoxy) is 1. The number of aromatic nitrogens is 2. The highest BCUT2D eigenvalue weighted by Crippen LogP contribution is 2.37. The molecule has 1 atom stereocenters. The summed E-state index contributed by atoms with van der Waals surface area (Å²) in [5, 5.41) is 0. The molecule has 1 saturated heterocycles. The monoisotopic (exact) mass is 438 g/mol. The van der Waals surface area contributed by atoms with Crippen LogP contribution in [0.4, 0.5) is 14.7 Å². The fourth-order valence-electron chi connectivity index (χ4n) is 3.87. The minimum absolute atomic E-state index is 0.0361. The second-order valence-corrected chi connectivity index (χ2v) is 7.84. The average molecular weight is 438 g/mol. The van der Waals surface area contributed by atoms with E-state index in [0.29, 0.717) is 35.7 Å². The molecule has 4 rings (SSSR count). The summed E-state index contributed by atoms with van der Waals surface area (Å²) < 4.78 is 33.2. The van der Waals surface area contributed by atoms with Crippen molar-refractivity contribution in [1.82, 2.24) is 14.9 Å². The van der Waals surface area contributed by atoms with Crippen LogP contribution in [0.15, 0.2) is 54.7 Å². The molecule has 1 fully saturated rings. The van der Waals surface area contributed by atoms with Gasteiger partial charge in [-0.15, -0.1) is 0 Å². The number of hydrogen-bond acceptors (Lipinski definition) is 5. The van der Waals surface area contributed by atoms with Gasteiger partial charge in [0.25, 0.3) is 5.91 Å². The van der Waals surface area contributed by atoms with Crippen molar-refractivity contribution in [3.05, 3.63) is 72.1 Å². The number of carbonyl (C=O) groups is 1. The molecule has 3 aromatic rings. The van der Waals surface area contributed by atoms with E-state index in [2.05, 4.69) is 4.98 Å². The molecule has 2 heterocycles. The van der Waals surface area contributed by atoms with Crippen LogP contribution in [0.3, 0.4) is 0 Å². The van der Waals surface area contributed by atoms with Gasteiger partial charge in [0.15, 0.2) is 18.2 Å². The maximum Gasteiger partial charge on any atom is 0.261 e. The SMILES string of the molecule is CN(C)c1ncc(-c2cccc(F)c2)c(C2CCCN2C(=O)COc2ccccc2F)n1. The highest BCUT2D eigenvalue weighted by atomic mass is 19.1. The number of hydrogen-bond donors (Lipinski definition) is 0. The lowest BCUT2D eigenvalue weighted by atomic mass is 9.99. The van der Waals surface area contributed by atoms with Crippen LogP contribution in [0.25, 0.3) is 11.1 Å². The third-order valence-corrected chi connectivity index (χ3v) is 5.42. The molecule has 6 nitrogen and oxygen atoms in total. The Morgan fingerprint density at radius 2 is 2.00 bits per heavy atom. The Morgan fingerprint density at radius 1 is 1.19 bits per heavy atom. The lowest BCUT2D eigenvalue weighted by molar-refractivity contribution is -0.134. The van der Waals surface area contributed by atoms with E-state index in [1.54, 1.807) is 40.3 Å². The van der Waals surface area contributed by atoms with Crippen LogP contribution in [0.1, 0.15) is 24.6 Å². The summed E-state index contributed by atoms with van der Waals surface area (Å²) in [7, 11) is 3.67. The summed E-state index contributed by atoms with van der Waals surface area (Å²) in [6.07, 6.45) is 3.17. The van der Waals surface area contributed by atoms with Gasteiger partial charge in [0.1, 0.15) is 5.82 Å². The Hall–Kier alpha value is -3.55. The zero-order valence-electron chi connectivity index (χ0n) is 18.0. The van der Waals surface area contributed by atoms with Gasteiger partial charge in [-0.2, -0.15) is 0 Å². The highest BCUT2D eigenvalue weighted by Gasteiger charge is 2.33. The number of anilines is 1. The van der Waals surface area contributed by atoms with Crippen LogP contribution >= 0.6 is 0 Å². The number of para-hydroxylation sites is 1. The van der Waals surface area contributed by atoms with Crippen molar-refractivity contribution in [2.45, 2.75) is 18.9 Å². The Bertz CT molecular complexity index is 1120. The van der Waals surface area contributed by atoms with Crippen LogP contribution in [-0.2, 0) is 4.79 Å². The first kappa shape index (κ1) is 21.7. The van der Waals surface area contributed by atoms with E-state index in [0.717, 1.165) is 6.42 Å². The van der Waals surface area contributed by atoms with Crippen molar-refractivity contribution in [3.63, 3.8) is 0 Å². The number of rotatable bonds is 6. The molecule has 0 spiro atoms. The number of amides is 1. The van der Waals surface area contributed by atoms with Crippen molar-refractivity contribution >= 4 is 11.9 Å². The minimum Gasteiger partial charge on any atom is -0.481 e. The number of benzene rings is 2. The molecule has 1 aromatic heterocycles. The molecule has 0 radical (unpaired) electrons. The minimum atomic E-state index is -0.516. The second-order valence-electron chi connectivity index (χ2n) is 7.84. The summed E-state index contributed by atoms with van der Waals surface area (Å²) in [6.45, 7) is 0.256. The highest BCUT2D eigenvalue weighted by molar-refractivity contribution is 5.79. The Labute approximate surface area is 185 Å². The van der Waals surface area contributed by atoms with Gasteiger partial charge >= 0.3 is 0 Å². The largest absolute Gasteiger partial charge is 0.481 e. The molecule has 0 aliphatic carbocycles. The first-order chi connectivity index (χ1) is 15.4. The number of nitrogens with zero attached hydrogens (tertiary/aromatic N) is 4. The van der Waals surface area contributed by atoms with Crippen molar-refractivity contribution in [3.8, 4) is 16.9 Å². The topological polar surface area (TPSA) is 58.6 Å². The molecular formula is C24H24F2N4O2. The molecule has 1 aliphatic rings. The summed E-state index contributed by atoms with van der Waals surface area (Å²) >= 11 is 0. The summed E-state index contributed by atoms with van der Waals surface area (Å²) in [4.78, 5) is 25.6. The Morgan fingerprint density at radius 3 is 2.75 bits per heavy atom. The summed E-state index contributed by atoms with van der Waals surface area (Å²) in [6, 6.07) is 11.9. The molecule has 8 heteroatoms. The van der Waals surface area contributed by atoms with Gasteiger partial charge < -0.3 is 14.5 Å². The lowest BCUT2D eigenvalue weighted by Crippen LogP contribution is -2.35. The first-order valence-electron chi connectivity index (χ1n) is 10.4.